The van der Waals surface area contributed by atoms with Crippen LogP contribution in [0.15, 0.2) is 24.3 Å². The smallest absolute Gasteiger partial charge is 0.274 e. The Bertz CT molecular complexity index is 788. The molecule has 0 spiro atoms. The predicted octanol–water partition coefficient (Wildman–Crippen LogP) is 3.17. The molecule has 1 atom stereocenters. The van der Waals surface area contributed by atoms with Gasteiger partial charge in [0.15, 0.2) is 5.69 Å². The number of carbonyl (C=O) groups is 1. The fourth-order valence-corrected chi connectivity index (χ4v) is 3.60. The van der Waals surface area contributed by atoms with E-state index >= 15 is 0 Å². The molecule has 0 radical (unpaired) electrons. The minimum Gasteiger partial charge on any atom is -0.343 e. The maximum absolute atomic E-state index is 13.3. The number of hydrogen-bond donors (Lipinski definition) is 2. The zero-order chi connectivity index (χ0) is 19.6. The monoisotopic (exact) mass is 373 g/mol. The lowest BCUT2D eigenvalue weighted by molar-refractivity contribution is 0.0895. The second kappa shape index (κ2) is 7.76. The SMILES string of the molecule is Cc1c(C(=O)NC(c2ccc(F)cc2)C(C)(C)C)nnn1C1CCNCC1. The van der Waals surface area contributed by atoms with Crippen LogP contribution in [0.3, 0.4) is 0 Å². The fourth-order valence-electron chi connectivity index (χ4n) is 3.60. The summed E-state index contributed by atoms with van der Waals surface area (Å²) in [5, 5.41) is 14.8. The summed E-state index contributed by atoms with van der Waals surface area (Å²) in [6.07, 6.45) is 1.96. The molecule has 1 aliphatic heterocycles. The summed E-state index contributed by atoms with van der Waals surface area (Å²) >= 11 is 0. The molecule has 27 heavy (non-hydrogen) atoms. The van der Waals surface area contributed by atoms with Crippen LogP contribution in [0.4, 0.5) is 4.39 Å². The molecule has 6 nitrogen and oxygen atoms in total. The summed E-state index contributed by atoms with van der Waals surface area (Å²) in [6.45, 7) is 9.91. The highest BCUT2D eigenvalue weighted by Crippen LogP contribution is 2.33. The maximum Gasteiger partial charge on any atom is 0.274 e. The molecule has 2 heterocycles. The Morgan fingerprint density at radius 2 is 1.89 bits per heavy atom. The summed E-state index contributed by atoms with van der Waals surface area (Å²) < 4.78 is 15.2. The lowest BCUT2D eigenvalue weighted by Gasteiger charge is -2.31. The van der Waals surface area contributed by atoms with Gasteiger partial charge in [-0.25, -0.2) is 9.07 Å². The third kappa shape index (κ3) is 4.35. The van der Waals surface area contributed by atoms with Gasteiger partial charge in [-0.05, 0) is 56.0 Å². The van der Waals surface area contributed by atoms with Gasteiger partial charge in [-0.3, -0.25) is 4.79 Å². The van der Waals surface area contributed by atoms with Crippen molar-refractivity contribution in [2.24, 2.45) is 5.41 Å². The van der Waals surface area contributed by atoms with E-state index in [2.05, 4.69) is 20.9 Å². The molecule has 1 saturated heterocycles. The van der Waals surface area contributed by atoms with Crippen molar-refractivity contribution >= 4 is 5.91 Å². The molecule has 3 rings (SSSR count). The van der Waals surface area contributed by atoms with Crippen molar-refractivity contribution in [1.29, 1.82) is 0 Å². The highest BCUT2D eigenvalue weighted by molar-refractivity contribution is 5.93. The molecule has 2 N–H and O–H groups in total. The second-order valence-corrected chi connectivity index (χ2v) is 8.27. The molecule has 1 amide bonds. The van der Waals surface area contributed by atoms with Gasteiger partial charge >= 0.3 is 0 Å². The zero-order valence-electron chi connectivity index (χ0n) is 16.4. The van der Waals surface area contributed by atoms with E-state index in [1.807, 2.05) is 32.4 Å². The van der Waals surface area contributed by atoms with Crippen LogP contribution in [0.5, 0.6) is 0 Å². The van der Waals surface area contributed by atoms with Crippen LogP contribution in [-0.4, -0.2) is 34.0 Å². The fraction of sp³-hybridized carbons (Fsp3) is 0.550. The average Bonchev–Trinajstić information content (AvgIpc) is 3.02. The van der Waals surface area contributed by atoms with Crippen molar-refractivity contribution < 1.29 is 9.18 Å². The molecule has 1 aliphatic rings. The number of nitrogens with zero attached hydrogens (tertiary/aromatic N) is 3. The topological polar surface area (TPSA) is 71.8 Å². The van der Waals surface area contributed by atoms with E-state index in [1.165, 1.54) is 12.1 Å². The number of benzene rings is 1. The Morgan fingerprint density at radius 1 is 1.26 bits per heavy atom. The molecule has 146 valence electrons. The first-order chi connectivity index (χ1) is 12.8. The summed E-state index contributed by atoms with van der Waals surface area (Å²) in [6, 6.07) is 6.26. The lowest BCUT2D eigenvalue weighted by atomic mass is 9.82. The van der Waals surface area contributed by atoms with Gasteiger partial charge in [0, 0.05) is 0 Å². The number of carbonyl (C=O) groups excluding carboxylic acids is 1. The van der Waals surface area contributed by atoms with E-state index in [0.717, 1.165) is 37.2 Å². The Hall–Kier alpha value is -2.28. The quantitative estimate of drug-likeness (QED) is 0.864. The van der Waals surface area contributed by atoms with Crippen molar-refractivity contribution in [2.45, 2.75) is 52.6 Å². The maximum atomic E-state index is 13.3. The Kier molecular flexibility index (Phi) is 5.60. The van der Waals surface area contributed by atoms with Crippen LogP contribution in [0.1, 0.15) is 67.4 Å². The van der Waals surface area contributed by atoms with E-state index in [1.54, 1.807) is 12.1 Å². The summed E-state index contributed by atoms with van der Waals surface area (Å²) in [7, 11) is 0. The largest absolute Gasteiger partial charge is 0.343 e. The minimum atomic E-state index is -0.293. The average molecular weight is 373 g/mol. The third-order valence-corrected chi connectivity index (χ3v) is 5.14. The highest BCUT2D eigenvalue weighted by Gasteiger charge is 2.30. The van der Waals surface area contributed by atoms with E-state index < -0.39 is 0 Å². The summed E-state index contributed by atoms with van der Waals surface area (Å²) in [5.74, 6) is -0.546. The van der Waals surface area contributed by atoms with Gasteiger partial charge in [-0.1, -0.05) is 38.1 Å². The normalized spacial score (nSPS) is 16.9. The molecular weight excluding hydrogens is 345 g/mol. The molecule has 1 unspecified atom stereocenters. The number of halogens is 1. The van der Waals surface area contributed by atoms with Crippen molar-refractivity contribution in [3.8, 4) is 0 Å². The standard InChI is InChI=1S/C20H28FN5O/c1-13-17(24-25-26(13)16-9-11-22-12-10-16)19(27)23-18(20(2,3)4)14-5-7-15(21)8-6-14/h5-8,16,18,22H,9-12H2,1-4H3,(H,23,27). The zero-order valence-corrected chi connectivity index (χ0v) is 16.4. The van der Waals surface area contributed by atoms with Gasteiger partial charge < -0.3 is 10.6 Å². The van der Waals surface area contributed by atoms with Crippen LogP contribution >= 0.6 is 0 Å². The molecule has 7 heteroatoms. The molecule has 2 aromatic rings. The van der Waals surface area contributed by atoms with E-state index in [4.69, 9.17) is 0 Å². The molecule has 0 saturated carbocycles. The van der Waals surface area contributed by atoms with E-state index in [-0.39, 0.29) is 29.2 Å². The third-order valence-electron chi connectivity index (χ3n) is 5.14. The predicted molar refractivity (Wildman–Crippen MR) is 102 cm³/mol. The van der Waals surface area contributed by atoms with E-state index in [0.29, 0.717) is 5.69 Å². The number of nitrogens with one attached hydrogen (secondary N) is 2. The first-order valence-corrected chi connectivity index (χ1v) is 9.46. The molecule has 1 aromatic carbocycles. The Morgan fingerprint density at radius 3 is 2.48 bits per heavy atom. The molecular formula is C20H28FN5O. The van der Waals surface area contributed by atoms with Gasteiger partial charge in [0.2, 0.25) is 0 Å². The summed E-state index contributed by atoms with van der Waals surface area (Å²) in [4.78, 5) is 12.9. The van der Waals surface area contributed by atoms with Crippen LogP contribution in [0, 0.1) is 18.2 Å². The minimum absolute atomic E-state index is 0.244. The van der Waals surface area contributed by atoms with Crippen molar-refractivity contribution in [3.63, 3.8) is 0 Å². The van der Waals surface area contributed by atoms with Crippen molar-refractivity contribution in [2.75, 3.05) is 13.1 Å². The van der Waals surface area contributed by atoms with Gasteiger partial charge in [0.25, 0.3) is 5.91 Å². The van der Waals surface area contributed by atoms with Crippen LogP contribution in [-0.2, 0) is 0 Å². The van der Waals surface area contributed by atoms with Crippen molar-refractivity contribution in [1.82, 2.24) is 25.6 Å². The molecule has 1 fully saturated rings. The molecule has 0 bridgehead atoms. The number of piperidine rings is 1. The summed E-state index contributed by atoms with van der Waals surface area (Å²) in [5.41, 5.74) is 1.75. The number of amides is 1. The van der Waals surface area contributed by atoms with Gasteiger partial charge in [-0.15, -0.1) is 5.10 Å². The molecule has 0 aliphatic carbocycles. The first kappa shape index (κ1) is 19.5. The van der Waals surface area contributed by atoms with Crippen LogP contribution < -0.4 is 10.6 Å². The van der Waals surface area contributed by atoms with Crippen molar-refractivity contribution in [3.05, 3.63) is 47.0 Å². The molecule has 1 aromatic heterocycles. The van der Waals surface area contributed by atoms with Gasteiger partial charge in [0.1, 0.15) is 5.82 Å². The second-order valence-electron chi connectivity index (χ2n) is 8.27. The Balaban J connectivity index is 1.82. The van der Waals surface area contributed by atoms with Crippen LogP contribution in [0.25, 0.3) is 0 Å². The number of hydrogen-bond acceptors (Lipinski definition) is 4. The van der Waals surface area contributed by atoms with Crippen LogP contribution in [0.2, 0.25) is 0 Å². The van der Waals surface area contributed by atoms with E-state index in [9.17, 15) is 9.18 Å². The number of aromatic nitrogens is 3. The first-order valence-electron chi connectivity index (χ1n) is 9.46. The lowest BCUT2D eigenvalue weighted by Crippen LogP contribution is -2.37. The van der Waals surface area contributed by atoms with Gasteiger partial charge in [0.05, 0.1) is 17.8 Å². The van der Waals surface area contributed by atoms with Gasteiger partial charge in [-0.2, -0.15) is 0 Å². The highest BCUT2D eigenvalue weighted by atomic mass is 19.1. The Labute approximate surface area is 159 Å². The number of rotatable bonds is 4.